The lowest BCUT2D eigenvalue weighted by Gasteiger charge is -2.32. The van der Waals surface area contributed by atoms with E-state index < -0.39 is 32.7 Å². The number of sulfonamides is 1. The SMILES string of the molecule is C[C@H](NS(=O)(=O)c1ccccc1F)C(=O)NCC1(c2ccc3c(c2)OCCO3)CCCC1. The number of fused-ring (bicyclic) bond motifs is 1. The lowest BCUT2D eigenvalue weighted by molar-refractivity contribution is -0.122. The Labute approximate surface area is 187 Å². The first kappa shape index (κ1) is 22.5. The first-order valence-corrected chi connectivity index (χ1v) is 12.2. The standard InChI is InChI=1S/C23H27FN2O5S/c1-16(26-32(28,29)21-7-3-2-6-18(21)24)22(27)25-15-23(10-4-5-11-23)17-8-9-19-20(14-17)31-13-12-30-19/h2-3,6-9,14,16,26H,4-5,10-13,15H2,1H3,(H,25,27)/t16-/m0/s1. The monoisotopic (exact) mass is 462 g/mol. The highest BCUT2D eigenvalue weighted by Gasteiger charge is 2.37. The molecule has 4 rings (SSSR count). The van der Waals surface area contributed by atoms with E-state index in [4.69, 9.17) is 9.47 Å². The average molecular weight is 463 g/mol. The van der Waals surface area contributed by atoms with E-state index >= 15 is 0 Å². The van der Waals surface area contributed by atoms with Crippen molar-refractivity contribution in [3.63, 3.8) is 0 Å². The molecule has 2 aromatic carbocycles. The van der Waals surface area contributed by atoms with Gasteiger partial charge in [0.15, 0.2) is 11.5 Å². The number of hydrogen-bond acceptors (Lipinski definition) is 5. The number of ether oxygens (including phenoxy) is 2. The van der Waals surface area contributed by atoms with Crippen molar-refractivity contribution < 1.29 is 27.1 Å². The topological polar surface area (TPSA) is 93.7 Å². The fraction of sp³-hybridized carbons (Fsp3) is 0.435. The second-order valence-corrected chi connectivity index (χ2v) is 10.0. The predicted molar refractivity (Wildman–Crippen MR) is 117 cm³/mol. The van der Waals surface area contributed by atoms with E-state index in [1.54, 1.807) is 0 Å². The van der Waals surface area contributed by atoms with Gasteiger partial charge in [-0.15, -0.1) is 0 Å². The van der Waals surface area contributed by atoms with E-state index in [0.29, 0.717) is 31.3 Å². The minimum absolute atomic E-state index is 0.254. The molecule has 32 heavy (non-hydrogen) atoms. The van der Waals surface area contributed by atoms with Crippen molar-refractivity contribution in [1.29, 1.82) is 0 Å². The van der Waals surface area contributed by atoms with Gasteiger partial charge in [-0.3, -0.25) is 4.79 Å². The van der Waals surface area contributed by atoms with E-state index in [2.05, 4.69) is 10.0 Å². The molecule has 0 unspecified atom stereocenters. The van der Waals surface area contributed by atoms with E-state index in [0.717, 1.165) is 43.4 Å². The normalized spacial score (nSPS) is 18.2. The van der Waals surface area contributed by atoms with Gasteiger partial charge in [0.05, 0.1) is 6.04 Å². The third-order valence-electron chi connectivity index (χ3n) is 6.17. The second kappa shape index (κ2) is 9.07. The molecule has 1 atom stereocenters. The zero-order chi connectivity index (χ0) is 22.8. The molecule has 1 amide bonds. The number of amides is 1. The van der Waals surface area contributed by atoms with Crippen LogP contribution in [0.2, 0.25) is 0 Å². The first-order valence-electron chi connectivity index (χ1n) is 10.8. The quantitative estimate of drug-likeness (QED) is 0.660. The summed E-state index contributed by atoms with van der Waals surface area (Å²) in [5.74, 6) is 0.0931. The summed E-state index contributed by atoms with van der Waals surface area (Å²) in [5, 5.41) is 2.90. The molecular weight excluding hydrogens is 435 g/mol. The Bertz CT molecular complexity index is 1100. The molecule has 1 heterocycles. The predicted octanol–water partition coefficient (Wildman–Crippen LogP) is 2.89. The van der Waals surface area contributed by atoms with E-state index in [1.807, 2.05) is 18.2 Å². The van der Waals surface area contributed by atoms with Crippen molar-refractivity contribution in [2.75, 3.05) is 19.8 Å². The Morgan fingerprint density at radius 1 is 1.09 bits per heavy atom. The largest absolute Gasteiger partial charge is 0.486 e. The zero-order valence-corrected chi connectivity index (χ0v) is 18.7. The van der Waals surface area contributed by atoms with Crippen molar-refractivity contribution in [1.82, 2.24) is 10.0 Å². The van der Waals surface area contributed by atoms with Gasteiger partial charge in [0.2, 0.25) is 15.9 Å². The van der Waals surface area contributed by atoms with Crippen molar-refractivity contribution in [2.45, 2.75) is 49.0 Å². The molecule has 1 saturated carbocycles. The smallest absolute Gasteiger partial charge is 0.244 e. The van der Waals surface area contributed by atoms with Gasteiger partial charge in [-0.1, -0.05) is 31.0 Å². The van der Waals surface area contributed by atoms with E-state index in [9.17, 15) is 17.6 Å². The average Bonchev–Trinajstić information content (AvgIpc) is 3.27. The molecule has 7 nitrogen and oxygen atoms in total. The number of benzene rings is 2. The summed E-state index contributed by atoms with van der Waals surface area (Å²) in [6.07, 6.45) is 3.89. The summed E-state index contributed by atoms with van der Waals surface area (Å²) in [4.78, 5) is 12.2. The van der Waals surface area contributed by atoms with Gasteiger partial charge in [-0.05, 0) is 49.6 Å². The highest BCUT2D eigenvalue weighted by molar-refractivity contribution is 7.89. The minimum atomic E-state index is -4.17. The van der Waals surface area contributed by atoms with E-state index in [1.165, 1.54) is 19.1 Å². The van der Waals surface area contributed by atoms with Crippen molar-refractivity contribution in [3.8, 4) is 11.5 Å². The second-order valence-electron chi connectivity index (χ2n) is 8.34. The number of carbonyl (C=O) groups excluding carboxylic acids is 1. The highest BCUT2D eigenvalue weighted by Crippen LogP contribution is 2.43. The molecule has 9 heteroatoms. The van der Waals surface area contributed by atoms with Gasteiger partial charge in [0.1, 0.15) is 23.9 Å². The molecule has 0 saturated heterocycles. The van der Waals surface area contributed by atoms with Gasteiger partial charge in [0.25, 0.3) is 0 Å². The molecule has 0 radical (unpaired) electrons. The van der Waals surface area contributed by atoms with Crippen LogP contribution < -0.4 is 19.5 Å². The number of carbonyl (C=O) groups is 1. The third kappa shape index (κ3) is 4.59. The maximum absolute atomic E-state index is 13.9. The zero-order valence-electron chi connectivity index (χ0n) is 17.9. The van der Waals surface area contributed by atoms with Crippen LogP contribution in [0, 0.1) is 5.82 Å². The minimum Gasteiger partial charge on any atom is -0.486 e. The summed E-state index contributed by atoms with van der Waals surface area (Å²) in [7, 11) is -4.17. The number of rotatable bonds is 7. The molecule has 2 aliphatic rings. The molecular formula is C23H27FN2O5S. The highest BCUT2D eigenvalue weighted by atomic mass is 32.2. The van der Waals surface area contributed by atoms with Gasteiger partial charge >= 0.3 is 0 Å². The summed E-state index contributed by atoms with van der Waals surface area (Å²) in [5.41, 5.74) is 0.814. The van der Waals surface area contributed by atoms with Gasteiger partial charge < -0.3 is 14.8 Å². The summed E-state index contributed by atoms with van der Waals surface area (Å²) in [6.45, 7) is 2.84. The van der Waals surface area contributed by atoms with Crippen LogP contribution in [-0.4, -0.2) is 40.1 Å². The van der Waals surface area contributed by atoms with Crippen LogP contribution in [0.3, 0.4) is 0 Å². The van der Waals surface area contributed by atoms with Crippen LogP contribution in [0.4, 0.5) is 4.39 Å². The third-order valence-corrected chi connectivity index (χ3v) is 7.74. The Morgan fingerprint density at radius 2 is 1.78 bits per heavy atom. The van der Waals surface area contributed by atoms with Crippen LogP contribution in [0.5, 0.6) is 11.5 Å². The van der Waals surface area contributed by atoms with Crippen LogP contribution in [0.25, 0.3) is 0 Å². The van der Waals surface area contributed by atoms with Crippen molar-refractivity contribution >= 4 is 15.9 Å². The van der Waals surface area contributed by atoms with Gasteiger partial charge in [-0.25, -0.2) is 12.8 Å². The molecule has 1 aliphatic carbocycles. The Hall–Kier alpha value is -2.65. The summed E-state index contributed by atoms with van der Waals surface area (Å²) < 4.78 is 52.5. The maximum atomic E-state index is 13.9. The van der Waals surface area contributed by atoms with Crippen LogP contribution in [0.15, 0.2) is 47.4 Å². The summed E-state index contributed by atoms with van der Waals surface area (Å²) >= 11 is 0. The lowest BCUT2D eigenvalue weighted by Crippen LogP contribution is -2.48. The molecule has 0 aromatic heterocycles. The molecule has 1 aliphatic heterocycles. The maximum Gasteiger partial charge on any atom is 0.244 e. The molecule has 0 spiro atoms. The van der Waals surface area contributed by atoms with Gasteiger partial charge in [-0.2, -0.15) is 4.72 Å². The first-order chi connectivity index (χ1) is 15.3. The van der Waals surface area contributed by atoms with Gasteiger partial charge in [0, 0.05) is 12.0 Å². The fourth-order valence-corrected chi connectivity index (χ4v) is 5.70. The lowest BCUT2D eigenvalue weighted by atomic mass is 9.78. The summed E-state index contributed by atoms with van der Waals surface area (Å²) in [6, 6.07) is 9.90. The van der Waals surface area contributed by atoms with Crippen LogP contribution >= 0.6 is 0 Å². The number of halogens is 1. The molecule has 2 N–H and O–H groups in total. The Morgan fingerprint density at radius 3 is 2.50 bits per heavy atom. The molecule has 2 aromatic rings. The van der Waals surface area contributed by atoms with Crippen molar-refractivity contribution in [3.05, 3.63) is 53.8 Å². The van der Waals surface area contributed by atoms with E-state index in [-0.39, 0.29) is 5.41 Å². The van der Waals surface area contributed by atoms with Crippen LogP contribution in [0.1, 0.15) is 38.2 Å². The molecule has 0 bridgehead atoms. The number of hydrogen-bond donors (Lipinski definition) is 2. The van der Waals surface area contributed by atoms with Crippen LogP contribution in [-0.2, 0) is 20.2 Å². The molecule has 172 valence electrons. The Kier molecular flexibility index (Phi) is 6.39. The Balaban J connectivity index is 1.45. The molecule has 1 fully saturated rings. The fourth-order valence-electron chi connectivity index (χ4n) is 4.41. The van der Waals surface area contributed by atoms with Crippen molar-refractivity contribution in [2.24, 2.45) is 0 Å². The number of nitrogens with one attached hydrogen (secondary N) is 2.